The number of rotatable bonds is 12. The summed E-state index contributed by atoms with van der Waals surface area (Å²) in [6.45, 7) is 0.897. The molecule has 0 aliphatic carbocycles. The summed E-state index contributed by atoms with van der Waals surface area (Å²) in [5.74, 6) is 0.897. The van der Waals surface area contributed by atoms with Crippen LogP contribution in [0.15, 0.2) is 126 Å². The van der Waals surface area contributed by atoms with Crippen LogP contribution >= 0.6 is 0 Å². The van der Waals surface area contributed by atoms with Crippen LogP contribution in [0.3, 0.4) is 0 Å². The molecule has 6 nitrogen and oxygen atoms in total. The maximum Gasteiger partial charge on any atom is 0.252 e. The van der Waals surface area contributed by atoms with Gasteiger partial charge in [0.1, 0.15) is 5.75 Å². The molecule has 1 heterocycles. The molecule has 0 unspecified atom stereocenters. The number of nitrogens with zero attached hydrogens (tertiary/aromatic N) is 1. The van der Waals surface area contributed by atoms with E-state index in [2.05, 4.69) is 5.32 Å². The first-order valence-corrected chi connectivity index (χ1v) is 13.9. The van der Waals surface area contributed by atoms with E-state index in [0.29, 0.717) is 37.6 Å². The Labute approximate surface area is 241 Å². The number of nitrogens with one attached hydrogen (secondary N) is 1. The highest BCUT2D eigenvalue weighted by Crippen LogP contribution is 2.43. The molecule has 0 aromatic heterocycles. The molecule has 0 fully saturated rings. The van der Waals surface area contributed by atoms with Crippen molar-refractivity contribution in [2.75, 3.05) is 13.2 Å². The molecule has 0 saturated carbocycles. The molecule has 6 heteroatoms. The van der Waals surface area contributed by atoms with Gasteiger partial charge in [-0.3, -0.25) is 4.79 Å². The van der Waals surface area contributed by atoms with E-state index in [0.717, 1.165) is 22.3 Å². The van der Waals surface area contributed by atoms with Gasteiger partial charge in [0.2, 0.25) is 5.90 Å². The molecule has 1 amide bonds. The fourth-order valence-electron chi connectivity index (χ4n) is 4.81. The van der Waals surface area contributed by atoms with Crippen molar-refractivity contribution in [3.05, 3.63) is 144 Å². The summed E-state index contributed by atoms with van der Waals surface area (Å²) < 4.78 is 12.2. The minimum absolute atomic E-state index is 0.0801. The van der Waals surface area contributed by atoms with Crippen molar-refractivity contribution >= 4 is 17.9 Å². The van der Waals surface area contributed by atoms with Gasteiger partial charge in [0.15, 0.2) is 11.6 Å². The van der Waals surface area contributed by atoms with E-state index in [1.54, 1.807) is 0 Å². The molecule has 0 saturated heterocycles. The van der Waals surface area contributed by atoms with Crippen LogP contribution in [0.1, 0.15) is 41.2 Å². The van der Waals surface area contributed by atoms with E-state index in [1.165, 1.54) is 0 Å². The number of carbonyl (C=O) groups is 1. The molecular weight excluding hydrogens is 512 g/mol. The van der Waals surface area contributed by atoms with Crippen molar-refractivity contribution in [2.45, 2.75) is 31.0 Å². The van der Waals surface area contributed by atoms with Crippen LogP contribution < -0.4 is 10.1 Å². The predicted molar refractivity (Wildman–Crippen MR) is 162 cm³/mol. The van der Waals surface area contributed by atoms with Crippen molar-refractivity contribution < 1.29 is 19.4 Å². The highest BCUT2D eigenvalue weighted by molar-refractivity contribution is 6.01. The van der Waals surface area contributed by atoms with E-state index in [-0.39, 0.29) is 12.5 Å². The monoisotopic (exact) mass is 546 g/mol. The van der Waals surface area contributed by atoms with E-state index in [9.17, 15) is 4.79 Å². The number of benzene rings is 4. The van der Waals surface area contributed by atoms with Gasteiger partial charge in [0.25, 0.3) is 5.91 Å². The highest BCUT2D eigenvalue weighted by Gasteiger charge is 2.52. The second-order valence-corrected chi connectivity index (χ2v) is 9.89. The van der Waals surface area contributed by atoms with E-state index in [1.807, 2.05) is 127 Å². The van der Waals surface area contributed by atoms with Crippen LogP contribution in [0.4, 0.5) is 0 Å². The summed E-state index contributed by atoms with van der Waals surface area (Å²) >= 11 is 0. The molecule has 0 spiro atoms. The summed E-state index contributed by atoms with van der Waals surface area (Å²) in [6, 6.07) is 37.1. The number of ether oxygens (including phenoxy) is 2. The Morgan fingerprint density at radius 2 is 1.56 bits per heavy atom. The summed E-state index contributed by atoms with van der Waals surface area (Å²) in [5.41, 5.74) is 2.45. The Morgan fingerprint density at radius 3 is 2.24 bits per heavy atom. The largest absolute Gasteiger partial charge is 0.494 e. The Kier molecular flexibility index (Phi) is 9.24. The van der Waals surface area contributed by atoms with Crippen LogP contribution in [0.2, 0.25) is 0 Å². The van der Waals surface area contributed by atoms with E-state index in [4.69, 9.17) is 19.6 Å². The van der Waals surface area contributed by atoms with Crippen LogP contribution in [0, 0.1) is 0 Å². The van der Waals surface area contributed by atoms with Crippen molar-refractivity contribution in [2.24, 2.45) is 4.99 Å². The maximum atomic E-state index is 14.2. The third-order valence-electron chi connectivity index (χ3n) is 6.97. The number of hydrogen-bond donors (Lipinski definition) is 2. The van der Waals surface area contributed by atoms with Gasteiger partial charge in [0.05, 0.1) is 6.61 Å². The average molecular weight is 547 g/mol. The quantitative estimate of drug-likeness (QED) is 0.210. The number of aliphatic hydroxyl groups excluding tert-OH is 1. The molecule has 2 atom stereocenters. The molecule has 0 radical (unpaired) electrons. The van der Waals surface area contributed by atoms with Crippen molar-refractivity contribution in [1.82, 2.24) is 5.32 Å². The standard InChI is InChI=1S/C35H34N2O4/c38-24-11-25-40-31-21-19-30(20-22-31)33-37-35(23-10-16-27-12-4-1-5-13-27,32(41-33)29-17-8-3-9-18-29)34(39)36-26-28-14-6-2-7-15-28/h1-10,12-22,32,38H,11,23-26H2,(H,36,39)/b16-10+/t32-,35-/m1/s1. The van der Waals surface area contributed by atoms with Crippen molar-refractivity contribution in [1.29, 1.82) is 0 Å². The molecule has 4 aromatic rings. The second-order valence-electron chi connectivity index (χ2n) is 9.89. The van der Waals surface area contributed by atoms with Gasteiger partial charge in [-0.15, -0.1) is 0 Å². The van der Waals surface area contributed by atoms with Gasteiger partial charge in [-0.2, -0.15) is 0 Å². The minimum Gasteiger partial charge on any atom is -0.494 e. The number of carbonyl (C=O) groups excluding carboxylic acids is 1. The first-order chi connectivity index (χ1) is 20.2. The normalized spacial score (nSPS) is 18.1. The lowest BCUT2D eigenvalue weighted by Gasteiger charge is -2.29. The Morgan fingerprint density at radius 1 is 0.902 bits per heavy atom. The first-order valence-electron chi connectivity index (χ1n) is 13.9. The van der Waals surface area contributed by atoms with Crippen molar-refractivity contribution in [3.8, 4) is 5.75 Å². The third kappa shape index (κ3) is 6.91. The fraction of sp³-hybridized carbons (Fsp3) is 0.200. The lowest BCUT2D eigenvalue weighted by atomic mass is 9.84. The highest BCUT2D eigenvalue weighted by atomic mass is 16.5. The second kappa shape index (κ2) is 13.6. The molecule has 41 heavy (non-hydrogen) atoms. The third-order valence-corrected chi connectivity index (χ3v) is 6.97. The topological polar surface area (TPSA) is 80.2 Å². The van der Waals surface area contributed by atoms with Crippen LogP contribution in [-0.4, -0.2) is 35.7 Å². The molecule has 1 aliphatic heterocycles. The van der Waals surface area contributed by atoms with Crippen LogP contribution in [0.5, 0.6) is 5.75 Å². The Balaban J connectivity index is 1.50. The first kappa shape index (κ1) is 27.9. The maximum absolute atomic E-state index is 14.2. The van der Waals surface area contributed by atoms with Gasteiger partial charge in [-0.25, -0.2) is 4.99 Å². The number of amides is 1. The zero-order chi connectivity index (χ0) is 28.3. The van der Waals surface area contributed by atoms with Gasteiger partial charge in [0, 0.05) is 31.6 Å². The number of hydrogen-bond acceptors (Lipinski definition) is 5. The zero-order valence-corrected chi connectivity index (χ0v) is 22.9. The predicted octanol–water partition coefficient (Wildman–Crippen LogP) is 6.12. The Hall–Kier alpha value is -4.68. The molecule has 1 aliphatic rings. The van der Waals surface area contributed by atoms with Crippen LogP contribution in [-0.2, 0) is 16.1 Å². The van der Waals surface area contributed by atoms with Gasteiger partial charge in [-0.1, -0.05) is 103 Å². The van der Waals surface area contributed by atoms with Crippen molar-refractivity contribution in [3.63, 3.8) is 0 Å². The molecule has 5 rings (SSSR count). The van der Waals surface area contributed by atoms with E-state index >= 15 is 0 Å². The van der Waals surface area contributed by atoms with Gasteiger partial charge >= 0.3 is 0 Å². The average Bonchev–Trinajstić information content (AvgIpc) is 3.42. The summed E-state index contributed by atoms with van der Waals surface area (Å²) in [7, 11) is 0. The number of aliphatic hydroxyl groups is 1. The molecular formula is C35H34N2O4. The zero-order valence-electron chi connectivity index (χ0n) is 22.9. The lowest BCUT2D eigenvalue weighted by Crippen LogP contribution is -2.47. The minimum atomic E-state index is -1.23. The van der Waals surface area contributed by atoms with Crippen LogP contribution in [0.25, 0.3) is 6.08 Å². The molecule has 208 valence electrons. The SMILES string of the molecule is O=C(NCc1ccccc1)[C@]1(C/C=C/c2ccccc2)N=C(c2ccc(OCCCO)cc2)O[C@@H]1c1ccccc1. The van der Waals surface area contributed by atoms with Gasteiger partial charge in [-0.05, 0) is 41.0 Å². The number of aliphatic imine (C=N–C) groups is 1. The molecule has 4 aromatic carbocycles. The summed E-state index contributed by atoms with van der Waals surface area (Å²) in [4.78, 5) is 19.2. The summed E-state index contributed by atoms with van der Waals surface area (Å²) in [6.07, 6.45) is 4.29. The van der Waals surface area contributed by atoms with Gasteiger partial charge < -0.3 is 19.9 Å². The smallest absolute Gasteiger partial charge is 0.252 e. The summed E-state index contributed by atoms with van der Waals surface area (Å²) in [5, 5.41) is 12.2. The van der Waals surface area contributed by atoms with E-state index < -0.39 is 11.6 Å². The fourth-order valence-corrected chi connectivity index (χ4v) is 4.81. The Bertz CT molecular complexity index is 1450. The lowest BCUT2D eigenvalue weighted by molar-refractivity contribution is -0.129. The molecule has 0 bridgehead atoms. The molecule has 2 N–H and O–H groups in total.